The topological polar surface area (TPSA) is 120 Å². The monoisotopic (exact) mass is 411 g/mol. The molecule has 1 unspecified atom stereocenters. The molecule has 1 saturated heterocycles. The fourth-order valence-electron chi connectivity index (χ4n) is 4.52. The summed E-state index contributed by atoms with van der Waals surface area (Å²) in [5.41, 5.74) is 6.13. The summed E-state index contributed by atoms with van der Waals surface area (Å²) in [6.45, 7) is 4.29. The minimum absolute atomic E-state index is 0.125. The Balaban J connectivity index is 1.93. The number of fused-ring (bicyclic) bond motifs is 2. The number of para-hydroxylation sites is 1. The van der Waals surface area contributed by atoms with Crippen LogP contribution in [-0.4, -0.2) is 59.7 Å². The van der Waals surface area contributed by atoms with Gasteiger partial charge in [0.05, 0.1) is 11.5 Å². The van der Waals surface area contributed by atoms with Crippen LogP contribution in [0.5, 0.6) is 0 Å². The molecule has 0 saturated carbocycles. The van der Waals surface area contributed by atoms with E-state index in [9.17, 15) is 19.6 Å². The molecule has 1 fully saturated rings. The zero-order valence-corrected chi connectivity index (χ0v) is 17.7. The number of nitriles is 1. The summed E-state index contributed by atoms with van der Waals surface area (Å²) in [7, 11) is 1.60. The van der Waals surface area contributed by atoms with E-state index in [1.807, 2.05) is 38.1 Å². The minimum atomic E-state index is -0.936. The Labute approximate surface area is 177 Å². The lowest BCUT2D eigenvalue weighted by Crippen LogP contribution is -2.52. The molecule has 8 heteroatoms. The van der Waals surface area contributed by atoms with Gasteiger partial charge in [0.25, 0.3) is 0 Å². The van der Waals surface area contributed by atoms with Crippen LogP contribution in [0.25, 0.3) is 0 Å². The van der Waals surface area contributed by atoms with E-state index in [0.717, 1.165) is 11.3 Å². The SMILES string of the molecule is CC(C)C[C@@H](C(=O)N1C[C@]2(CC1C#N)C(=O)Nc1ccccc12)N(C)C(=O)CCN. The molecular weight excluding hydrogens is 382 g/mol. The number of likely N-dealkylation sites (tertiary alicyclic amines) is 1. The second kappa shape index (κ2) is 8.44. The maximum atomic E-state index is 13.6. The van der Waals surface area contributed by atoms with Gasteiger partial charge in [-0.3, -0.25) is 14.4 Å². The molecule has 30 heavy (non-hydrogen) atoms. The third kappa shape index (κ3) is 3.65. The molecule has 2 aliphatic rings. The highest BCUT2D eigenvalue weighted by atomic mass is 16.2. The minimum Gasteiger partial charge on any atom is -0.334 e. The molecule has 3 rings (SSSR count). The van der Waals surface area contributed by atoms with Gasteiger partial charge in [-0.2, -0.15) is 5.26 Å². The number of amides is 3. The largest absolute Gasteiger partial charge is 0.334 e. The molecule has 1 aromatic rings. The normalized spacial score (nSPS) is 23.3. The van der Waals surface area contributed by atoms with Crippen LogP contribution in [0.4, 0.5) is 5.69 Å². The molecule has 3 N–H and O–H groups in total. The number of nitrogens with one attached hydrogen (secondary N) is 1. The number of hydrogen-bond acceptors (Lipinski definition) is 5. The van der Waals surface area contributed by atoms with Crippen LogP contribution in [0.15, 0.2) is 24.3 Å². The van der Waals surface area contributed by atoms with Gasteiger partial charge in [0.2, 0.25) is 17.7 Å². The number of nitrogens with zero attached hydrogens (tertiary/aromatic N) is 3. The molecule has 0 bridgehead atoms. The van der Waals surface area contributed by atoms with E-state index in [2.05, 4.69) is 11.4 Å². The van der Waals surface area contributed by atoms with Crippen LogP contribution in [0.2, 0.25) is 0 Å². The number of nitrogens with two attached hydrogens (primary N) is 1. The first kappa shape index (κ1) is 21.8. The van der Waals surface area contributed by atoms with Crippen molar-refractivity contribution in [3.63, 3.8) is 0 Å². The fourth-order valence-corrected chi connectivity index (χ4v) is 4.52. The van der Waals surface area contributed by atoms with Crippen molar-refractivity contribution >= 4 is 23.4 Å². The van der Waals surface area contributed by atoms with Gasteiger partial charge in [-0.25, -0.2) is 0 Å². The van der Waals surface area contributed by atoms with E-state index in [1.165, 1.54) is 9.80 Å². The van der Waals surface area contributed by atoms with Crippen LogP contribution >= 0.6 is 0 Å². The van der Waals surface area contributed by atoms with E-state index < -0.39 is 17.5 Å². The summed E-state index contributed by atoms with van der Waals surface area (Å²) in [5, 5.41) is 12.7. The number of anilines is 1. The fraction of sp³-hybridized carbons (Fsp3) is 0.545. The van der Waals surface area contributed by atoms with Crippen molar-refractivity contribution in [3.8, 4) is 6.07 Å². The van der Waals surface area contributed by atoms with Crippen molar-refractivity contribution in [3.05, 3.63) is 29.8 Å². The standard InChI is InChI=1S/C22H29N5O3/c1-14(2)10-18(26(3)19(28)8-9-23)20(29)27-13-22(11-15(27)12-24)16-6-4-5-7-17(16)25-21(22)30/h4-7,14-15,18H,8-11,13,23H2,1-3H3,(H,25,30)/t15?,18-,22-/m0/s1. The van der Waals surface area contributed by atoms with E-state index in [-0.39, 0.29) is 49.6 Å². The average molecular weight is 412 g/mol. The molecule has 3 atom stereocenters. The quantitative estimate of drug-likeness (QED) is 0.729. The lowest BCUT2D eigenvalue weighted by atomic mass is 9.80. The van der Waals surface area contributed by atoms with Gasteiger partial charge < -0.3 is 20.9 Å². The highest BCUT2D eigenvalue weighted by Crippen LogP contribution is 2.46. The first-order valence-corrected chi connectivity index (χ1v) is 10.3. The van der Waals surface area contributed by atoms with Crippen LogP contribution in [0.1, 0.15) is 38.7 Å². The molecule has 3 amide bonds. The van der Waals surface area contributed by atoms with Gasteiger partial charge >= 0.3 is 0 Å². The Hall–Kier alpha value is -2.92. The number of rotatable bonds is 6. The molecule has 8 nitrogen and oxygen atoms in total. The van der Waals surface area contributed by atoms with Crippen molar-refractivity contribution in [2.45, 2.75) is 50.6 Å². The van der Waals surface area contributed by atoms with Crippen molar-refractivity contribution in [1.82, 2.24) is 9.80 Å². The lowest BCUT2D eigenvalue weighted by molar-refractivity contribution is -0.145. The molecule has 0 aliphatic carbocycles. The summed E-state index contributed by atoms with van der Waals surface area (Å²) >= 11 is 0. The van der Waals surface area contributed by atoms with Crippen LogP contribution < -0.4 is 11.1 Å². The van der Waals surface area contributed by atoms with Gasteiger partial charge in [-0.05, 0) is 24.0 Å². The molecule has 0 aromatic heterocycles. The molecule has 160 valence electrons. The van der Waals surface area contributed by atoms with E-state index >= 15 is 0 Å². The molecular formula is C22H29N5O3. The van der Waals surface area contributed by atoms with Gasteiger partial charge in [0.15, 0.2) is 0 Å². The molecule has 1 spiro atoms. The Bertz CT molecular complexity index is 893. The summed E-state index contributed by atoms with van der Waals surface area (Å²) in [4.78, 5) is 41.9. The third-order valence-electron chi connectivity index (χ3n) is 6.11. The van der Waals surface area contributed by atoms with E-state index in [4.69, 9.17) is 5.73 Å². The first-order chi connectivity index (χ1) is 14.2. The highest BCUT2D eigenvalue weighted by molar-refractivity contribution is 6.07. The van der Waals surface area contributed by atoms with Crippen LogP contribution in [0.3, 0.4) is 0 Å². The number of carbonyl (C=O) groups excluding carboxylic acids is 3. The number of carbonyl (C=O) groups is 3. The first-order valence-electron chi connectivity index (χ1n) is 10.3. The number of benzene rings is 1. The smallest absolute Gasteiger partial charge is 0.246 e. The second-order valence-electron chi connectivity index (χ2n) is 8.59. The number of hydrogen-bond donors (Lipinski definition) is 2. The third-order valence-corrected chi connectivity index (χ3v) is 6.11. The van der Waals surface area contributed by atoms with Crippen molar-refractivity contribution in [1.29, 1.82) is 5.26 Å². The summed E-state index contributed by atoms with van der Waals surface area (Å²) in [6.07, 6.45) is 0.864. The van der Waals surface area contributed by atoms with Crippen molar-refractivity contribution in [2.24, 2.45) is 11.7 Å². The summed E-state index contributed by atoms with van der Waals surface area (Å²) in [6, 6.07) is 8.16. The van der Waals surface area contributed by atoms with Gasteiger partial charge in [-0.15, -0.1) is 0 Å². The summed E-state index contributed by atoms with van der Waals surface area (Å²) in [5.74, 6) is -0.521. The zero-order chi connectivity index (χ0) is 22.1. The van der Waals surface area contributed by atoms with Crippen molar-refractivity contribution in [2.75, 3.05) is 25.5 Å². The molecule has 2 aliphatic heterocycles. The Kier molecular flexibility index (Phi) is 6.13. The van der Waals surface area contributed by atoms with Crippen molar-refractivity contribution < 1.29 is 14.4 Å². The molecule has 2 heterocycles. The maximum Gasteiger partial charge on any atom is 0.246 e. The Morgan fingerprint density at radius 2 is 2.10 bits per heavy atom. The highest BCUT2D eigenvalue weighted by Gasteiger charge is 2.56. The predicted molar refractivity (Wildman–Crippen MR) is 112 cm³/mol. The number of likely N-dealkylation sites (N-methyl/N-ethyl adjacent to an activating group) is 1. The maximum absolute atomic E-state index is 13.6. The van der Waals surface area contributed by atoms with Gasteiger partial charge in [-0.1, -0.05) is 32.0 Å². The predicted octanol–water partition coefficient (Wildman–Crippen LogP) is 1.22. The molecule has 1 aromatic carbocycles. The van der Waals surface area contributed by atoms with Crippen LogP contribution in [0, 0.1) is 17.2 Å². The van der Waals surface area contributed by atoms with Crippen LogP contribution in [-0.2, 0) is 19.8 Å². The van der Waals surface area contributed by atoms with Gasteiger partial charge in [0.1, 0.15) is 12.1 Å². The summed E-state index contributed by atoms with van der Waals surface area (Å²) < 4.78 is 0. The molecule has 0 radical (unpaired) electrons. The lowest BCUT2D eigenvalue weighted by Gasteiger charge is -2.33. The Morgan fingerprint density at radius 1 is 1.40 bits per heavy atom. The average Bonchev–Trinajstić information content (AvgIpc) is 3.24. The Morgan fingerprint density at radius 3 is 2.73 bits per heavy atom. The van der Waals surface area contributed by atoms with E-state index in [1.54, 1.807) is 7.05 Å². The zero-order valence-electron chi connectivity index (χ0n) is 17.7. The van der Waals surface area contributed by atoms with Gasteiger partial charge in [0, 0.05) is 38.7 Å². The van der Waals surface area contributed by atoms with E-state index in [0.29, 0.717) is 6.42 Å². The second-order valence-corrected chi connectivity index (χ2v) is 8.59.